The Bertz CT molecular complexity index is 1250. The van der Waals surface area contributed by atoms with Gasteiger partial charge in [0.15, 0.2) is 0 Å². The number of hydrogen-bond donors (Lipinski definition) is 0. The largest absolute Gasteiger partial charge is 0.411 e. The summed E-state index contributed by atoms with van der Waals surface area (Å²) in [6.07, 6.45) is 0. The fourth-order valence-corrected chi connectivity index (χ4v) is 5.41. The zero-order chi connectivity index (χ0) is 21.9. The van der Waals surface area contributed by atoms with E-state index in [0.717, 1.165) is 33.7 Å². The summed E-state index contributed by atoms with van der Waals surface area (Å²) in [7, 11) is 0. The number of halogens is 1. The van der Waals surface area contributed by atoms with Crippen LogP contribution in [0.15, 0.2) is 93.4 Å². The summed E-state index contributed by atoms with van der Waals surface area (Å²) in [6, 6.07) is 24.1. The highest BCUT2D eigenvalue weighted by Crippen LogP contribution is 2.43. The molecule has 8 heteroatoms. The van der Waals surface area contributed by atoms with Crippen LogP contribution in [-0.4, -0.2) is 27.6 Å². The zero-order valence-corrected chi connectivity index (χ0v) is 18.5. The first-order chi connectivity index (χ1) is 15.7. The number of rotatable bonds is 5. The van der Waals surface area contributed by atoms with Crippen LogP contribution in [0.25, 0.3) is 11.5 Å². The van der Waals surface area contributed by atoms with Gasteiger partial charge in [-0.3, -0.25) is 4.79 Å². The van der Waals surface area contributed by atoms with Crippen molar-refractivity contribution in [3.8, 4) is 11.5 Å². The van der Waals surface area contributed by atoms with E-state index in [1.54, 1.807) is 30.0 Å². The Hall–Kier alpha value is -3.10. The lowest BCUT2D eigenvalue weighted by atomic mass is 10.1. The number of thioether (sulfide) groups is 2. The number of carbonyl (C=O) groups excluding carboxylic acids is 1. The van der Waals surface area contributed by atoms with Crippen molar-refractivity contribution in [3.63, 3.8) is 0 Å². The van der Waals surface area contributed by atoms with Crippen molar-refractivity contribution in [2.24, 2.45) is 0 Å². The van der Waals surface area contributed by atoms with Crippen LogP contribution in [0.1, 0.15) is 11.6 Å². The highest BCUT2D eigenvalue weighted by atomic mass is 32.2. The number of anilines is 1. The first-order valence-corrected chi connectivity index (χ1v) is 12.0. The molecule has 1 atom stereocenters. The summed E-state index contributed by atoms with van der Waals surface area (Å²) in [5, 5.41) is 8.14. The molecule has 32 heavy (non-hydrogen) atoms. The number of aromatic nitrogens is 2. The molecule has 2 heterocycles. The standard InChI is InChI=1S/C24H18FN3O2S2/c25-18-11-5-4-10-17(18)23-26-27-24(30-23)32-15-22(29)28-19-12-6-7-13-21(19)31-14-20(28)16-8-2-1-3-9-16/h1-13,20H,14-15H2/t20-/m0/s1. The highest BCUT2D eigenvalue weighted by molar-refractivity contribution is 8.00. The van der Waals surface area contributed by atoms with Crippen molar-refractivity contribution >= 4 is 35.1 Å². The van der Waals surface area contributed by atoms with E-state index < -0.39 is 5.82 Å². The van der Waals surface area contributed by atoms with Gasteiger partial charge in [0.2, 0.25) is 5.91 Å². The zero-order valence-electron chi connectivity index (χ0n) is 16.8. The third-order valence-electron chi connectivity index (χ3n) is 5.12. The van der Waals surface area contributed by atoms with Crippen LogP contribution in [0.2, 0.25) is 0 Å². The molecule has 1 amide bonds. The summed E-state index contributed by atoms with van der Waals surface area (Å²) in [4.78, 5) is 16.3. The van der Waals surface area contributed by atoms with E-state index in [1.807, 2.05) is 59.5 Å². The van der Waals surface area contributed by atoms with Gasteiger partial charge in [-0.25, -0.2) is 4.39 Å². The monoisotopic (exact) mass is 463 g/mol. The minimum absolute atomic E-state index is 0.0535. The number of nitrogens with zero attached hydrogens (tertiary/aromatic N) is 3. The van der Waals surface area contributed by atoms with Crippen LogP contribution in [0, 0.1) is 5.82 Å². The first-order valence-electron chi connectivity index (χ1n) is 10.0. The Labute approximate surface area is 193 Å². The van der Waals surface area contributed by atoms with Gasteiger partial charge in [-0.2, -0.15) is 0 Å². The number of amides is 1. The van der Waals surface area contributed by atoms with Crippen LogP contribution < -0.4 is 4.90 Å². The molecule has 3 aromatic carbocycles. The van der Waals surface area contributed by atoms with Crippen molar-refractivity contribution in [2.45, 2.75) is 16.2 Å². The van der Waals surface area contributed by atoms with Crippen LogP contribution >= 0.6 is 23.5 Å². The van der Waals surface area contributed by atoms with Crippen LogP contribution in [0.4, 0.5) is 10.1 Å². The number of benzene rings is 3. The molecule has 0 bridgehead atoms. The van der Waals surface area contributed by atoms with Crippen molar-refractivity contribution in [3.05, 3.63) is 90.2 Å². The minimum atomic E-state index is -0.433. The summed E-state index contributed by atoms with van der Waals surface area (Å²) >= 11 is 2.91. The fraction of sp³-hybridized carbons (Fsp3) is 0.125. The molecule has 0 aliphatic carbocycles. The topological polar surface area (TPSA) is 59.2 Å². The second-order valence-corrected chi connectivity index (χ2v) is 9.10. The lowest BCUT2D eigenvalue weighted by molar-refractivity contribution is -0.116. The lowest BCUT2D eigenvalue weighted by Gasteiger charge is -2.37. The summed E-state index contributed by atoms with van der Waals surface area (Å²) < 4.78 is 19.6. The van der Waals surface area contributed by atoms with Gasteiger partial charge in [-0.1, -0.05) is 66.4 Å². The van der Waals surface area contributed by atoms with E-state index in [4.69, 9.17) is 4.42 Å². The number of hydrogen-bond acceptors (Lipinski definition) is 6. The van der Waals surface area contributed by atoms with Gasteiger partial charge >= 0.3 is 0 Å². The molecule has 0 spiro atoms. The third kappa shape index (κ3) is 4.16. The molecule has 0 saturated heterocycles. The average molecular weight is 464 g/mol. The van der Waals surface area contributed by atoms with Crippen LogP contribution in [0.3, 0.4) is 0 Å². The van der Waals surface area contributed by atoms with Crippen molar-refractivity contribution in [2.75, 3.05) is 16.4 Å². The van der Waals surface area contributed by atoms with Gasteiger partial charge in [0.25, 0.3) is 11.1 Å². The molecular weight excluding hydrogens is 445 g/mol. The van der Waals surface area contributed by atoms with Gasteiger partial charge in [-0.15, -0.1) is 22.0 Å². The predicted octanol–water partition coefficient (Wildman–Crippen LogP) is 5.85. The second kappa shape index (κ2) is 9.18. The Kier molecular flexibility index (Phi) is 5.96. The van der Waals surface area contributed by atoms with E-state index >= 15 is 0 Å². The van der Waals surface area contributed by atoms with Crippen molar-refractivity contribution in [1.82, 2.24) is 10.2 Å². The number of fused-ring (bicyclic) bond motifs is 1. The molecule has 5 rings (SSSR count). The summed E-state index contributed by atoms with van der Waals surface area (Å²) in [5.74, 6) is 0.510. The molecule has 5 nitrogen and oxygen atoms in total. The molecule has 160 valence electrons. The number of carbonyl (C=O) groups is 1. The third-order valence-corrected chi connectivity index (χ3v) is 7.06. The molecule has 4 aromatic rings. The molecule has 0 saturated carbocycles. The Balaban J connectivity index is 1.37. The van der Waals surface area contributed by atoms with Gasteiger partial charge in [0, 0.05) is 10.6 Å². The van der Waals surface area contributed by atoms with Gasteiger partial charge in [-0.05, 0) is 29.8 Å². The molecule has 0 N–H and O–H groups in total. The van der Waals surface area contributed by atoms with Crippen molar-refractivity contribution in [1.29, 1.82) is 0 Å². The Morgan fingerprint density at radius 2 is 1.78 bits per heavy atom. The molecule has 1 aromatic heterocycles. The first kappa shape index (κ1) is 20.8. The average Bonchev–Trinajstić information content (AvgIpc) is 3.31. The van der Waals surface area contributed by atoms with Crippen molar-refractivity contribution < 1.29 is 13.6 Å². The van der Waals surface area contributed by atoms with Gasteiger partial charge in [0.1, 0.15) is 5.82 Å². The van der Waals surface area contributed by atoms with E-state index in [0.29, 0.717) is 0 Å². The SMILES string of the molecule is O=C(CSc1nnc(-c2ccccc2F)o1)N1c2ccccc2SC[C@H]1c1ccccc1. The Morgan fingerprint density at radius 3 is 2.62 bits per heavy atom. The minimum Gasteiger partial charge on any atom is -0.411 e. The quantitative estimate of drug-likeness (QED) is 0.346. The highest BCUT2D eigenvalue weighted by Gasteiger charge is 2.32. The molecule has 0 radical (unpaired) electrons. The van der Waals surface area contributed by atoms with E-state index in [9.17, 15) is 9.18 Å². The predicted molar refractivity (Wildman–Crippen MR) is 124 cm³/mol. The van der Waals surface area contributed by atoms with Crippen LogP contribution in [0.5, 0.6) is 0 Å². The number of para-hydroxylation sites is 1. The Morgan fingerprint density at radius 1 is 1.03 bits per heavy atom. The van der Waals surface area contributed by atoms with Gasteiger partial charge in [0.05, 0.1) is 23.0 Å². The molecule has 1 aliphatic rings. The lowest BCUT2D eigenvalue weighted by Crippen LogP contribution is -2.39. The molecule has 1 aliphatic heterocycles. The van der Waals surface area contributed by atoms with E-state index in [2.05, 4.69) is 10.2 Å². The molecular formula is C24H18FN3O2S2. The van der Waals surface area contributed by atoms with E-state index in [-0.39, 0.29) is 34.4 Å². The summed E-state index contributed by atoms with van der Waals surface area (Å²) in [5.41, 5.74) is 2.23. The normalized spacial score (nSPS) is 15.4. The van der Waals surface area contributed by atoms with E-state index in [1.165, 1.54) is 6.07 Å². The van der Waals surface area contributed by atoms with Crippen LogP contribution in [-0.2, 0) is 4.79 Å². The maximum absolute atomic E-state index is 14.0. The summed E-state index contributed by atoms with van der Waals surface area (Å²) in [6.45, 7) is 0. The maximum atomic E-state index is 14.0. The smallest absolute Gasteiger partial charge is 0.277 e. The molecule has 0 unspecified atom stereocenters. The molecule has 0 fully saturated rings. The second-order valence-electron chi connectivity index (χ2n) is 7.11. The van der Waals surface area contributed by atoms with Gasteiger partial charge < -0.3 is 9.32 Å². The fourth-order valence-electron chi connectivity index (χ4n) is 3.62. The maximum Gasteiger partial charge on any atom is 0.277 e.